The Hall–Kier alpha value is -1.01. The number of sulfone groups is 1. The van der Waals surface area contributed by atoms with Crippen molar-refractivity contribution in [1.82, 2.24) is 25.2 Å². The van der Waals surface area contributed by atoms with E-state index in [1.807, 2.05) is 5.38 Å². The SMILES string of the molecule is CS(=O)(=O)c1cnc(Sc2nnnn2-c2sccc2Cl)s1. The number of aromatic nitrogens is 5. The first kappa shape index (κ1) is 14.9. The molecular weight excluding hydrogens is 374 g/mol. The normalized spacial score (nSPS) is 11.9. The van der Waals surface area contributed by atoms with E-state index in [0.717, 1.165) is 17.6 Å². The Morgan fingerprint density at radius 2 is 2.24 bits per heavy atom. The molecule has 3 aromatic rings. The molecule has 3 rings (SSSR count). The lowest BCUT2D eigenvalue weighted by Gasteiger charge is -1.99. The van der Waals surface area contributed by atoms with E-state index >= 15 is 0 Å². The maximum atomic E-state index is 11.4. The number of nitrogens with zero attached hydrogens (tertiary/aromatic N) is 5. The summed E-state index contributed by atoms with van der Waals surface area (Å²) in [5.74, 6) is 0. The summed E-state index contributed by atoms with van der Waals surface area (Å²) >= 11 is 9.72. The predicted octanol–water partition coefficient (Wildman–Crippen LogP) is 2.39. The highest BCUT2D eigenvalue weighted by Crippen LogP contribution is 2.34. The van der Waals surface area contributed by atoms with Crippen LogP contribution in [0.4, 0.5) is 0 Å². The third-order valence-electron chi connectivity index (χ3n) is 2.24. The van der Waals surface area contributed by atoms with Crippen LogP contribution in [0.5, 0.6) is 0 Å². The predicted molar refractivity (Wildman–Crippen MR) is 81.4 cm³/mol. The van der Waals surface area contributed by atoms with Crippen LogP contribution in [-0.2, 0) is 9.84 Å². The second-order valence-electron chi connectivity index (χ2n) is 3.77. The molecule has 0 amide bonds. The summed E-state index contributed by atoms with van der Waals surface area (Å²) in [6, 6.07) is 1.75. The van der Waals surface area contributed by atoms with Gasteiger partial charge in [0.1, 0.15) is 9.21 Å². The molecule has 0 aliphatic rings. The molecule has 21 heavy (non-hydrogen) atoms. The van der Waals surface area contributed by atoms with E-state index in [1.54, 1.807) is 6.07 Å². The molecule has 0 N–H and O–H groups in total. The van der Waals surface area contributed by atoms with Gasteiger partial charge in [-0.05, 0) is 33.6 Å². The third-order valence-corrected chi connectivity index (χ3v) is 7.34. The average molecular weight is 380 g/mol. The Labute approximate surface area is 136 Å². The molecule has 0 bridgehead atoms. The van der Waals surface area contributed by atoms with Crippen LogP contribution >= 0.6 is 46.0 Å². The summed E-state index contributed by atoms with van der Waals surface area (Å²) in [5.41, 5.74) is 0. The highest BCUT2D eigenvalue weighted by Gasteiger charge is 2.18. The molecule has 0 radical (unpaired) electrons. The van der Waals surface area contributed by atoms with Crippen molar-refractivity contribution in [1.29, 1.82) is 0 Å². The topological polar surface area (TPSA) is 90.6 Å². The molecule has 3 heterocycles. The fraction of sp³-hybridized carbons (Fsp3) is 0.111. The minimum atomic E-state index is -3.26. The van der Waals surface area contributed by atoms with Crippen LogP contribution in [0, 0.1) is 0 Å². The van der Waals surface area contributed by atoms with Gasteiger partial charge in [0, 0.05) is 6.26 Å². The summed E-state index contributed by atoms with van der Waals surface area (Å²) in [5, 5.41) is 15.0. The maximum Gasteiger partial charge on any atom is 0.222 e. The van der Waals surface area contributed by atoms with E-state index in [9.17, 15) is 8.42 Å². The second-order valence-corrected chi connectivity index (χ2v) is 9.56. The minimum absolute atomic E-state index is 0.207. The van der Waals surface area contributed by atoms with Crippen molar-refractivity contribution in [3.8, 4) is 5.00 Å². The first-order valence-electron chi connectivity index (χ1n) is 5.30. The first-order chi connectivity index (χ1) is 9.95. The summed E-state index contributed by atoms with van der Waals surface area (Å²) in [6.07, 6.45) is 2.47. The van der Waals surface area contributed by atoms with E-state index < -0.39 is 9.84 Å². The molecule has 12 heteroatoms. The Bertz CT molecular complexity index is 883. The molecule has 0 atom stereocenters. The van der Waals surface area contributed by atoms with Gasteiger partial charge in [0.05, 0.1) is 11.2 Å². The molecule has 0 aliphatic heterocycles. The highest BCUT2D eigenvalue weighted by atomic mass is 35.5. The lowest BCUT2D eigenvalue weighted by molar-refractivity contribution is 0.603. The van der Waals surface area contributed by atoms with Crippen LogP contribution in [-0.4, -0.2) is 39.9 Å². The molecule has 7 nitrogen and oxygen atoms in total. The van der Waals surface area contributed by atoms with Gasteiger partial charge in [-0.15, -0.1) is 16.4 Å². The molecular formula is C9H6ClN5O2S4. The zero-order valence-electron chi connectivity index (χ0n) is 10.3. The van der Waals surface area contributed by atoms with Crippen molar-refractivity contribution in [3.05, 3.63) is 22.7 Å². The van der Waals surface area contributed by atoms with Crippen molar-refractivity contribution in [2.45, 2.75) is 13.7 Å². The van der Waals surface area contributed by atoms with E-state index in [2.05, 4.69) is 20.5 Å². The van der Waals surface area contributed by atoms with Crippen LogP contribution in [0.25, 0.3) is 5.00 Å². The summed E-state index contributed by atoms with van der Waals surface area (Å²) in [7, 11) is -3.26. The molecule has 3 aromatic heterocycles. The fourth-order valence-corrected chi connectivity index (χ4v) is 5.33. The van der Waals surface area contributed by atoms with Crippen LogP contribution in [0.3, 0.4) is 0 Å². The van der Waals surface area contributed by atoms with E-state index in [1.165, 1.54) is 34.0 Å². The average Bonchev–Trinajstić information content (AvgIpc) is 3.09. The second kappa shape index (κ2) is 5.65. The molecule has 110 valence electrons. The van der Waals surface area contributed by atoms with Gasteiger partial charge in [0.2, 0.25) is 5.16 Å². The third kappa shape index (κ3) is 3.11. The summed E-state index contributed by atoms with van der Waals surface area (Å²) in [4.78, 5) is 4.07. The number of hydrogen-bond donors (Lipinski definition) is 0. The van der Waals surface area contributed by atoms with Gasteiger partial charge in [-0.3, -0.25) is 0 Å². The van der Waals surface area contributed by atoms with Crippen molar-refractivity contribution >= 4 is 55.9 Å². The molecule has 0 saturated carbocycles. The van der Waals surface area contributed by atoms with Crippen LogP contribution in [0.15, 0.2) is 31.3 Å². The summed E-state index contributed by atoms with van der Waals surface area (Å²) in [6.45, 7) is 0. The number of thiophene rings is 1. The standard InChI is InChI=1S/C9H6ClN5O2S4/c1-21(16,17)6-4-11-9(19-6)20-8-12-13-14-15(8)7-5(10)2-3-18-7/h2-4H,1H3. The quantitative estimate of drug-likeness (QED) is 0.687. The van der Waals surface area contributed by atoms with Gasteiger partial charge in [-0.25, -0.2) is 13.4 Å². The number of hydrogen-bond acceptors (Lipinski definition) is 9. The molecule has 0 spiro atoms. The zero-order valence-corrected chi connectivity index (χ0v) is 14.3. The van der Waals surface area contributed by atoms with Crippen LogP contribution < -0.4 is 0 Å². The Balaban J connectivity index is 1.92. The van der Waals surface area contributed by atoms with Crippen LogP contribution in [0.2, 0.25) is 5.02 Å². The lowest BCUT2D eigenvalue weighted by atomic mass is 10.6. The molecule has 0 saturated heterocycles. The van der Waals surface area contributed by atoms with Gasteiger partial charge in [-0.2, -0.15) is 4.68 Å². The van der Waals surface area contributed by atoms with E-state index in [-0.39, 0.29) is 4.21 Å². The highest BCUT2D eigenvalue weighted by molar-refractivity contribution is 8.01. The first-order valence-corrected chi connectivity index (χ1v) is 10.1. The monoisotopic (exact) mass is 379 g/mol. The Morgan fingerprint density at radius 3 is 2.86 bits per heavy atom. The van der Waals surface area contributed by atoms with Crippen molar-refractivity contribution in [2.75, 3.05) is 6.26 Å². The van der Waals surface area contributed by atoms with Gasteiger partial charge >= 0.3 is 0 Å². The zero-order chi connectivity index (χ0) is 15.0. The smallest absolute Gasteiger partial charge is 0.222 e. The number of halogens is 1. The van der Waals surface area contributed by atoms with Gasteiger partial charge < -0.3 is 0 Å². The van der Waals surface area contributed by atoms with Gasteiger partial charge in [0.15, 0.2) is 14.2 Å². The molecule has 0 unspecified atom stereocenters. The fourth-order valence-electron chi connectivity index (χ4n) is 1.35. The molecule has 0 fully saturated rings. The number of tetrazole rings is 1. The number of thiazole rings is 1. The lowest BCUT2D eigenvalue weighted by Crippen LogP contribution is -1.96. The molecule has 0 aliphatic carbocycles. The van der Waals surface area contributed by atoms with E-state index in [4.69, 9.17) is 11.6 Å². The molecule has 0 aromatic carbocycles. The van der Waals surface area contributed by atoms with Crippen LogP contribution in [0.1, 0.15) is 0 Å². The Kier molecular flexibility index (Phi) is 4.01. The van der Waals surface area contributed by atoms with Crippen molar-refractivity contribution in [2.24, 2.45) is 0 Å². The van der Waals surface area contributed by atoms with Gasteiger partial charge in [-0.1, -0.05) is 22.9 Å². The summed E-state index contributed by atoms with van der Waals surface area (Å²) < 4.78 is 25.1. The van der Waals surface area contributed by atoms with E-state index in [0.29, 0.717) is 19.5 Å². The minimum Gasteiger partial charge on any atom is -0.236 e. The Morgan fingerprint density at radius 1 is 1.43 bits per heavy atom. The van der Waals surface area contributed by atoms with Crippen molar-refractivity contribution in [3.63, 3.8) is 0 Å². The largest absolute Gasteiger partial charge is 0.236 e. The van der Waals surface area contributed by atoms with Gasteiger partial charge in [0.25, 0.3) is 0 Å². The maximum absolute atomic E-state index is 11.4. The van der Waals surface area contributed by atoms with Crippen molar-refractivity contribution < 1.29 is 8.42 Å². The number of rotatable bonds is 4.